The second kappa shape index (κ2) is 9.14. The van der Waals surface area contributed by atoms with Crippen LogP contribution in [0.5, 0.6) is 11.5 Å². The third-order valence-corrected chi connectivity index (χ3v) is 4.74. The van der Waals surface area contributed by atoms with E-state index < -0.39 is 11.9 Å². The van der Waals surface area contributed by atoms with Gasteiger partial charge in [0.05, 0.1) is 20.1 Å². The molecule has 2 atom stereocenters. The molecule has 0 bridgehead atoms. The van der Waals surface area contributed by atoms with Crippen molar-refractivity contribution in [2.45, 2.75) is 38.6 Å². The third-order valence-electron chi connectivity index (χ3n) is 4.74. The minimum Gasteiger partial charge on any atom is -0.493 e. The molecule has 6 heteroatoms. The van der Waals surface area contributed by atoms with Gasteiger partial charge in [-0.1, -0.05) is 19.8 Å². The van der Waals surface area contributed by atoms with Crippen LogP contribution in [-0.2, 0) is 11.2 Å². The molecule has 136 valence electrons. The van der Waals surface area contributed by atoms with Gasteiger partial charge in [-0.05, 0) is 43.1 Å². The van der Waals surface area contributed by atoms with Crippen LogP contribution in [0.3, 0.4) is 0 Å². The van der Waals surface area contributed by atoms with Crippen molar-refractivity contribution in [1.29, 1.82) is 0 Å². The Morgan fingerprint density at radius 3 is 2.50 bits per heavy atom. The molecule has 0 saturated heterocycles. The van der Waals surface area contributed by atoms with Gasteiger partial charge in [0.25, 0.3) is 0 Å². The summed E-state index contributed by atoms with van der Waals surface area (Å²) >= 11 is 0. The highest BCUT2D eigenvalue weighted by Crippen LogP contribution is 2.41. The maximum absolute atomic E-state index is 11.9. The van der Waals surface area contributed by atoms with E-state index in [1.165, 1.54) is 0 Å². The number of ether oxygens (including phenoxy) is 2. The molecule has 0 aliphatic carbocycles. The summed E-state index contributed by atoms with van der Waals surface area (Å²) in [6, 6.07) is 3.83. The van der Waals surface area contributed by atoms with Crippen LogP contribution in [0, 0.1) is 5.92 Å². The van der Waals surface area contributed by atoms with Crippen LogP contribution in [0.2, 0.25) is 0 Å². The van der Waals surface area contributed by atoms with Gasteiger partial charge in [0.1, 0.15) is 0 Å². The lowest BCUT2D eigenvalue weighted by Crippen LogP contribution is -2.39. The highest BCUT2D eigenvalue weighted by Gasteiger charge is 2.36. The van der Waals surface area contributed by atoms with Crippen molar-refractivity contribution < 1.29 is 19.4 Å². The number of carbonyl (C=O) groups is 1. The smallest absolute Gasteiger partial charge is 0.308 e. The predicted octanol–water partition coefficient (Wildman–Crippen LogP) is 3.55. The average molecular weight is 358 g/mol. The second-order valence-corrected chi connectivity index (χ2v) is 6.17. The number of nitrogens with zero attached hydrogens (tertiary/aromatic N) is 1. The molecule has 5 nitrogen and oxygen atoms in total. The second-order valence-electron chi connectivity index (χ2n) is 6.17. The van der Waals surface area contributed by atoms with Gasteiger partial charge in [0.2, 0.25) is 0 Å². The topological polar surface area (TPSA) is 59.0 Å². The Hall–Kier alpha value is -1.46. The molecule has 2 rings (SSSR count). The molecule has 0 radical (unpaired) electrons. The first-order valence-corrected chi connectivity index (χ1v) is 8.21. The predicted molar refractivity (Wildman–Crippen MR) is 96.5 cm³/mol. The van der Waals surface area contributed by atoms with Crippen molar-refractivity contribution in [3.63, 3.8) is 0 Å². The number of rotatable bonds is 7. The zero-order valence-electron chi connectivity index (χ0n) is 14.9. The van der Waals surface area contributed by atoms with Crippen LogP contribution < -0.4 is 9.47 Å². The van der Waals surface area contributed by atoms with Crippen molar-refractivity contribution >= 4 is 18.4 Å². The molecule has 24 heavy (non-hydrogen) atoms. The molecule has 1 aliphatic heterocycles. The molecular formula is C18H28ClNO4. The highest BCUT2D eigenvalue weighted by atomic mass is 35.5. The van der Waals surface area contributed by atoms with Crippen molar-refractivity contribution in [2.24, 2.45) is 5.92 Å². The summed E-state index contributed by atoms with van der Waals surface area (Å²) in [5.41, 5.74) is 2.22. The number of likely N-dealkylation sites (N-methyl/N-ethyl adjacent to an activating group) is 1. The van der Waals surface area contributed by atoms with Gasteiger partial charge in [-0.25, -0.2) is 0 Å². The summed E-state index contributed by atoms with van der Waals surface area (Å²) in [4.78, 5) is 14.0. The lowest BCUT2D eigenvalue weighted by atomic mass is 9.82. The number of hydrogen-bond acceptors (Lipinski definition) is 4. The summed E-state index contributed by atoms with van der Waals surface area (Å²) in [5.74, 6) is 0.233. The van der Waals surface area contributed by atoms with E-state index >= 15 is 0 Å². The number of unbranched alkanes of at least 4 members (excludes halogenated alkanes) is 1. The fraction of sp³-hybridized carbons (Fsp3) is 0.611. The number of benzene rings is 1. The molecule has 1 aromatic rings. The standard InChI is InChI=1S/C18H27NO4.ClH/c1-5-6-7-13(18(20)21)17-14-11-16(23-4)15(22-3)10-12(14)8-9-19(17)2;/h10-11,13,17H,5-9H2,1-4H3,(H,20,21);1H. The molecule has 0 spiro atoms. The van der Waals surface area contributed by atoms with E-state index in [9.17, 15) is 9.90 Å². The van der Waals surface area contributed by atoms with Crippen molar-refractivity contribution in [3.8, 4) is 11.5 Å². The van der Waals surface area contributed by atoms with Crippen LogP contribution >= 0.6 is 12.4 Å². The molecule has 0 saturated carbocycles. The molecule has 1 heterocycles. The number of aliphatic carboxylic acids is 1. The Balaban J connectivity index is 0.00000288. The maximum atomic E-state index is 11.9. The summed E-state index contributed by atoms with van der Waals surface area (Å²) in [7, 11) is 5.24. The van der Waals surface area contributed by atoms with Crippen molar-refractivity contribution in [2.75, 3.05) is 27.8 Å². The van der Waals surface area contributed by atoms with Gasteiger partial charge in [0, 0.05) is 12.6 Å². The minimum absolute atomic E-state index is 0. The maximum Gasteiger partial charge on any atom is 0.308 e. The summed E-state index contributed by atoms with van der Waals surface area (Å²) in [5, 5.41) is 9.74. The first-order valence-electron chi connectivity index (χ1n) is 8.21. The van der Waals surface area contributed by atoms with Crippen LogP contribution in [0.15, 0.2) is 12.1 Å². The minimum atomic E-state index is -0.724. The largest absolute Gasteiger partial charge is 0.493 e. The van der Waals surface area contributed by atoms with Crippen molar-refractivity contribution in [3.05, 3.63) is 23.3 Å². The van der Waals surface area contributed by atoms with Crippen LogP contribution in [0.1, 0.15) is 43.4 Å². The monoisotopic (exact) mass is 357 g/mol. The quantitative estimate of drug-likeness (QED) is 0.808. The fourth-order valence-electron chi connectivity index (χ4n) is 3.47. The molecule has 0 aromatic heterocycles. The Labute approximate surface area is 150 Å². The lowest BCUT2D eigenvalue weighted by molar-refractivity contribution is -0.144. The molecule has 1 N–H and O–H groups in total. The Bertz CT molecular complexity index is 564. The van der Waals surface area contributed by atoms with Gasteiger partial charge < -0.3 is 14.6 Å². The third kappa shape index (κ3) is 4.14. The number of carboxylic acids is 1. The van der Waals surface area contributed by atoms with E-state index in [2.05, 4.69) is 11.8 Å². The molecule has 2 unspecified atom stereocenters. The van der Waals surface area contributed by atoms with Gasteiger partial charge >= 0.3 is 5.97 Å². The SMILES string of the molecule is CCCCC(C(=O)O)C1c2cc(OC)c(OC)cc2CCN1C.Cl. The number of fused-ring (bicyclic) bond motifs is 1. The molecule has 1 aromatic carbocycles. The number of halogens is 1. The Kier molecular flexibility index (Phi) is 7.84. The van der Waals surface area contributed by atoms with Gasteiger partial charge in [-0.2, -0.15) is 0 Å². The number of hydrogen-bond donors (Lipinski definition) is 1. The van der Waals surface area contributed by atoms with Crippen LogP contribution in [0.25, 0.3) is 0 Å². The Morgan fingerprint density at radius 1 is 1.33 bits per heavy atom. The number of carboxylic acid groups (broad SMARTS) is 1. The number of methoxy groups -OCH3 is 2. The highest BCUT2D eigenvalue weighted by molar-refractivity contribution is 5.85. The van der Waals surface area contributed by atoms with E-state index in [4.69, 9.17) is 9.47 Å². The summed E-state index contributed by atoms with van der Waals surface area (Å²) in [6.45, 7) is 2.94. The lowest BCUT2D eigenvalue weighted by Gasteiger charge is -2.38. The molecular weight excluding hydrogens is 330 g/mol. The van der Waals surface area contributed by atoms with E-state index in [1.807, 2.05) is 19.2 Å². The fourth-order valence-corrected chi connectivity index (χ4v) is 3.47. The summed E-state index contributed by atoms with van der Waals surface area (Å²) in [6.07, 6.45) is 3.50. The van der Waals surface area contributed by atoms with Gasteiger partial charge in [-0.3, -0.25) is 9.69 Å². The van der Waals surface area contributed by atoms with Gasteiger partial charge in [0.15, 0.2) is 11.5 Å². The first-order chi connectivity index (χ1) is 11.0. The molecule has 0 fully saturated rings. The summed E-state index contributed by atoms with van der Waals surface area (Å²) < 4.78 is 10.8. The van der Waals surface area contributed by atoms with Gasteiger partial charge in [-0.15, -0.1) is 12.4 Å². The normalized spacial score (nSPS) is 18.2. The van der Waals surface area contributed by atoms with E-state index in [-0.39, 0.29) is 18.4 Å². The van der Waals surface area contributed by atoms with E-state index in [1.54, 1.807) is 14.2 Å². The van der Waals surface area contributed by atoms with E-state index in [0.29, 0.717) is 17.9 Å². The average Bonchev–Trinajstić information content (AvgIpc) is 2.55. The first kappa shape index (κ1) is 20.6. The zero-order chi connectivity index (χ0) is 17.0. The van der Waals surface area contributed by atoms with E-state index in [0.717, 1.165) is 36.9 Å². The van der Waals surface area contributed by atoms with Crippen LogP contribution in [-0.4, -0.2) is 43.8 Å². The molecule has 0 amide bonds. The van der Waals surface area contributed by atoms with Crippen molar-refractivity contribution in [1.82, 2.24) is 4.90 Å². The Morgan fingerprint density at radius 2 is 1.96 bits per heavy atom. The molecule has 1 aliphatic rings. The van der Waals surface area contributed by atoms with Crippen LogP contribution in [0.4, 0.5) is 0 Å². The zero-order valence-corrected chi connectivity index (χ0v) is 15.7.